The van der Waals surface area contributed by atoms with Gasteiger partial charge in [0.1, 0.15) is 0 Å². The number of hydrogen-bond acceptors (Lipinski definition) is 4. The van der Waals surface area contributed by atoms with Crippen LogP contribution in [0.25, 0.3) is 11.0 Å². The van der Waals surface area contributed by atoms with Crippen molar-refractivity contribution in [2.24, 2.45) is 7.05 Å². The molecule has 2 amide bonds. The van der Waals surface area contributed by atoms with Crippen LogP contribution in [0.1, 0.15) is 13.8 Å². The van der Waals surface area contributed by atoms with E-state index in [4.69, 9.17) is 0 Å². The van der Waals surface area contributed by atoms with Gasteiger partial charge in [0.15, 0.2) is 0 Å². The van der Waals surface area contributed by atoms with E-state index in [0.717, 1.165) is 5.52 Å². The topological polar surface area (TPSA) is 87.5 Å². The molecular formula is C16H23N5O3S. The quantitative estimate of drug-likeness (QED) is 0.879. The van der Waals surface area contributed by atoms with Crippen molar-refractivity contribution in [2.75, 3.05) is 26.2 Å². The number of aryl methyl sites for hydroxylation is 1. The van der Waals surface area contributed by atoms with Gasteiger partial charge in [-0.1, -0.05) is 0 Å². The first-order valence-electron chi connectivity index (χ1n) is 8.25. The number of sulfonamides is 1. The maximum Gasteiger partial charge on any atom is 0.317 e. The fourth-order valence-electron chi connectivity index (χ4n) is 2.90. The normalized spacial score (nSPS) is 16.6. The minimum atomic E-state index is -3.59. The molecule has 136 valence electrons. The highest BCUT2D eigenvalue weighted by Crippen LogP contribution is 2.22. The molecule has 1 aromatic heterocycles. The summed E-state index contributed by atoms with van der Waals surface area (Å²) in [6, 6.07) is 4.88. The predicted molar refractivity (Wildman–Crippen MR) is 94.7 cm³/mol. The number of hydrogen-bond donors (Lipinski definition) is 1. The van der Waals surface area contributed by atoms with E-state index in [9.17, 15) is 13.2 Å². The van der Waals surface area contributed by atoms with Crippen LogP contribution >= 0.6 is 0 Å². The molecule has 3 rings (SSSR count). The van der Waals surface area contributed by atoms with Crippen LogP contribution in [-0.4, -0.2) is 65.4 Å². The molecule has 1 N–H and O–H groups in total. The summed E-state index contributed by atoms with van der Waals surface area (Å²) in [6.45, 7) is 5.12. The maximum atomic E-state index is 12.9. The van der Waals surface area contributed by atoms with Crippen LogP contribution in [-0.2, 0) is 17.1 Å². The number of fused-ring (bicyclic) bond motifs is 1. The third-order valence-corrected chi connectivity index (χ3v) is 6.17. The van der Waals surface area contributed by atoms with Crippen molar-refractivity contribution in [2.45, 2.75) is 24.8 Å². The van der Waals surface area contributed by atoms with Gasteiger partial charge in [0.2, 0.25) is 10.0 Å². The van der Waals surface area contributed by atoms with Gasteiger partial charge in [0, 0.05) is 39.3 Å². The molecule has 0 saturated carbocycles. The highest BCUT2D eigenvalue weighted by molar-refractivity contribution is 7.89. The number of carbonyl (C=O) groups is 1. The van der Waals surface area contributed by atoms with Crippen LogP contribution < -0.4 is 5.32 Å². The second-order valence-corrected chi connectivity index (χ2v) is 8.44. The van der Waals surface area contributed by atoms with Crippen molar-refractivity contribution in [1.82, 2.24) is 24.1 Å². The Kier molecular flexibility index (Phi) is 4.70. The first kappa shape index (κ1) is 17.7. The van der Waals surface area contributed by atoms with Gasteiger partial charge in [0.05, 0.1) is 22.3 Å². The molecule has 2 heterocycles. The van der Waals surface area contributed by atoms with E-state index in [-0.39, 0.29) is 30.1 Å². The second kappa shape index (κ2) is 6.64. The van der Waals surface area contributed by atoms with Crippen molar-refractivity contribution in [1.29, 1.82) is 0 Å². The highest BCUT2D eigenvalue weighted by Gasteiger charge is 2.30. The molecule has 9 heteroatoms. The molecule has 0 bridgehead atoms. The van der Waals surface area contributed by atoms with Gasteiger partial charge in [-0.05, 0) is 32.0 Å². The number of nitrogens with one attached hydrogen (secondary N) is 1. The van der Waals surface area contributed by atoms with E-state index >= 15 is 0 Å². The van der Waals surface area contributed by atoms with Gasteiger partial charge in [0.25, 0.3) is 0 Å². The number of rotatable bonds is 3. The van der Waals surface area contributed by atoms with Crippen molar-refractivity contribution in [3.05, 3.63) is 24.5 Å². The first-order chi connectivity index (χ1) is 11.8. The Morgan fingerprint density at radius 2 is 1.88 bits per heavy atom. The van der Waals surface area contributed by atoms with E-state index in [0.29, 0.717) is 18.6 Å². The number of piperazine rings is 1. The molecule has 0 radical (unpaired) electrons. The van der Waals surface area contributed by atoms with Crippen molar-refractivity contribution >= 4 is 27.1 Å². The largest absolute Gasteiger partial charge is 0.336 e. The number of aromatic nitrogens is 2. The monoisotopic (exact) mass is 365 g/mol. The van der Waals surface area contributed by atoms with E-state index < -0.39 is 10.0 Å². The molecule has 1 aromatic carbocycles. The van der Waals surface area contributed by atoms with Crippen molar-refractivity contribution < 1.29 is 13.2 Å². The summed E-state index contributed by atoms with van der Waals surface area (Å²) in [5.41, 5.74) is 1.53. The Balaban J connectivity index is 1.73. The van der Waals surface area contributed by atoms with Gasteiger partial charge < -0.3 is 14.8 Å². The minimum absolute atomic E-state index is 0.0550. The molecule has 0 aliphatic carbocycles. The SMILES string of the molecule is CC(C)NC(=O)N1CCN(S(=O)(=O)c2ccc3c(c2)ncn3C)CC1. The molecule has 1 aliphatic rings. The number of benzene rings is 1. The van der Waals surface area contributed by atoms with Crippen LogP contribution in [0.3, 0.4) is 0 Å². The zero-order valence-electron chi connectivity index (χ0n) is 14.6. The Labute approximate surface area is 147 Å². The van der Waals surface area contributed by atoms with E-state index in [2.05, 4.69) is 10.3 Å². The average Bonchev–Trinajstić information content (AvgIpc) is 2.95. The molecule has 2 aromatic rings. The van der Waals surface area contributed by atoms with Crippen molar-refractivity contribution in [3.8, 4) is 0 Å². The zero-order chi connectivity index (χ0) is 18.2. The minimum Gasteiger partial charge on any atom is -0.336 e. The van der Waals surface area contributed by atoms with Gasteiger partial charge in [-0.15, -0.1) is 0 Å². The van der Waals surface area contributed by atoms with Crippen molar-refractivity contribution in [3.63, 3.8) is 0 Å². The average molecular weight is 365 g/mol. The fourth-order valence-corrected chi connectivity index (χ4v) is 4.34. The van der Waals surface area contributed by atoms with Gasteiger partial charge in [-0.2, -0.15) is 4.31 Å². The molecule has 0 spiro atoms. The number of carbonyl (C=O) groups excluding carboxylic acids is 1. The van der Waals surface area contributed by atoms with Gasteiger partial charge in [-0.3, -0.25) is 0 Å². The lowest BCUT2D eigenvalue weighted by atomic mass is 10.3. The maximum absolute atomic E-state index is 12.9. The summed E-state index contributed by atoms with van der Waals surface area (Å²) in [7, 11) is -1.72. The smallest absolute Gasteiger partial charge is 0.317 e. The molecular weight excluding hydrogens is 342 g/mol. The van der Waals surface area contributed by atoms with Gasteiger partial charge in [-0.25, -0.2) is 18.2 Å². The van der Waals surface area contributed by atoms with Crippen LogP contribution in [0.5, 0.6) is 0 Å². The predicted octanol–water partition coefficient (Wildman–Crippen LogP) is 0.998. The molecule has 0 unspecified atom stereocenters. The Bertz CT molecular complexity index is 882. The number of nitrogens with zero attached hydrogens (tertiary/aromatic N) is 4. The highest BCUT2D eigenvalue weighted by atomic mass is 32.2. The third-order valence-electron chi connectivity index (χ3n) is 4.27. The summed E-state index contributed by atoms with van der Waals surface area (Å²) >= 11 is 0. The van der Waals surface area contributed by atoms with Crippen LogP contribution in [0.4, 0.5) is 4.79 Å². The zero-order valence-corrected chi connectivity index (χ0v) is 15.5. The third kappa shape index (κ3) is 3.47. The van der Waals surface area contributed by atoms with Crippen LogP contribution in [0, 0.1) is 0 Å². The Hall–Kier alpha value is -2.13. The first-order valence-corrected chi connectivity index (χ1v) is 9.69. The number of amides is 2. The molecule has 25 heavy (non-hydrogen) atoms. The lowest BCUT2D eigenvalue weighted by Crippen LogP contribution is -2.53. The van der Waals surface area contributed by atoms with Crippen LogP contribution in [0.2, 0.25) is 0 Å². The fraction of sp³-hybridized carbons (Fsp3) is 0.500. The Morgan fingerprint density at radius 1 is 1.20 bits per heavy atom. The molecule has 1 aliphatic heterocycles. The summed E-state index contributed by atoms with van der Waals surface area (Å²) in [4.78, 5) is 18.1. The van der Waals surface area contributed by atoms with E-state index in [1.165, 1.54) is 4.31 Å². The lowest BCUT2D eigenvalue weighted by Gasteiger charge is -2.34. The lowest BCUT2D eigenvalue weighted by molar-refractivity contribution is 0.170. The van der Waals surface area contributed by atoms with E-state index in [1.54, 1.807) is 29.4 Å². The molecule has 1 saturated heterocycles. The summed E-state index contributed by atoms with van der Waals surface area (Å²) in [6.07, 6.45) is 1.66. The summed E-state index contributed by atoms with van der Waals surface area (Å²) in [5, 5.41) is 2.83. The molecule has 8 nitrogen and oxygen atoms in total. The number of imidazole rings is 1. The van der Waals surface area contributed by atoms with Gasteiger partial charge >= 0.3 is 6.03 Å². The molecule has 0 atom stereocenters. The standard InChI is InChI=1S/C16H23N5O3S/c1-12(2)18-16(22)20-6-8-21(9-7-20)25(23,24)13-4-5-15-14(10-13)17-11-19(15)3/h4-5,10-12H,6-9H2,1-3H3,(H,18,22). The Morgan fingerprint density at radius 3 is 2.52 bits per heavy atom. The summed E-state index contributed by atoms with van der Waals surface area (Å²) in [5.74, 6) is 0. The number of urea groups is 1. The summed E-state index contributed by atoms with van der Waals surface area (Å²) < 4.78 is 29.0. The van der Waals surface area contributed by atoms with E-state index in [1.807, 2.05) is 25.5 Å². The second-order valence-electron chi connectivity index (χ2n) is 6.50. The van der Waals surface area contributed by atoms with Crippen LogP contribution in [0.15, 0.2) is 29.4 Å². The molecule has 1 fully saturated rings.